The lowest BCUT2D eigenvalue weighted by Gasteiger charge is -2.21. The van der Waals surface area contributed by atoms with Gasteiger partial charge < -0.3 is 8.90 Å². The molecule has 0 unspecified atom stereocenters. The highest BCUT2D eigenvalue weighted by Gasteiger charge is 2.21. The largest absolute Gasteiger partial charge is 0.559 e. The fourth-order valence-electron chi connectivity index (χ4n) is 2.85. The van der Waals surface area contributed by atoms with Crippen LogP contribution in [0.3, 0.4) is 0 Å². The van der Waals surface area contributed by atoms with Crippen LogP contribution in [0, 0.1) is 6.11 Å². The van der Waals surface area contributed by atoms with Gasteiger partial charge in [0.2, 0.25) is 0 Å². The first-order valence-electron chi connectivity index (χ1n) is 7.98. The van der Waals surface area contributed by atoms with Gasteiger partial charge in [0, 0.05) is 0 Å². The normalized spacial score (nSPS) is 13.1. The first-order chi connectivity index (χ1) is 10.6. The van der Waals surface area contributed by atoms with Gasteiger partial charge in [-0.1, -0.05) is 64.0 Å². The van der Waals surface area contributed by atoms with Crippen LogP contribution in [-0.4, -0.2) is 6.92 Å². The standard InChI is InChI=1S/C19H22BNO/c1-14(2)17-9-7-10-18(15(3)4)19(17)22-20-12-16-8-5-6-11-21(16)13-20/h5-12,14-15H,1-4H3. The summed E-state index contributed by atoms with van der Waals surface area (Å²) in [7, 11) is 0. The molecule has 2 aromatic rings. The van der Waals surface area contributed by atoms with Crippen LogP contribution in [0.2, 0.25) is 0 Å². The first kappa shape index (κ1) is 14.9. The van der Waals surface area contributed by atoms with Crippen molar-refractivity contribution in [2.24, 2.45) is 0 Å². The molecule has 0 spiro atoms. The molecular weight excluding hydrogens is 269 g/mol. The van der Waals surface area contributed by atoms with Crippen molar-refractivity contribution in [3.05, 3.63) is 65.2 Å². The molecule has 0 saturated carbocycles. The van der Waals surface area contributed by atoms with Gasteiger partial charge in [0.25, 0.3) is 0 Å². The lowest BCUT2D eigenvalue weighted by Crippen LogP contribution is -2.33. The average molecular weight is 291 g/mol. The Morgan fingerprint density at radius 3 is 2.23 bits per heavy atom. The van der Waals surface area contributed by atoms with Gasteiger partial charge in [0.15, 0.2) is 0 Å². The summed E-state index contributed by atoms with van der Waals surface area (Å²) < 4.78 is 8.35. The number of pyridine rings is 1. The highest BCUT2D eigenvalue weighted by molar-refractivity contribution is 6.70. The second-order valence-corrected chi connectivity index (χ2v) is 6.40. The van der Waals surface area contributed by atoms with E-state index in [1.54, 1.807) is 0 Å². The zero-order valence-electron chi connectivity index (χ0n) is 13.7. The Morgan fingerprint density at radius 1 is 0.955 bits per heavy atom. The van der Waals surface area contributed by atoms with E-state index in [1.165, 1.54) is 11.1 Å². The van der Waals surface area contributed by atoms with Gasteiger partial charge in [-0.2, -0.15) is 0 Å². The predicted molar refractivity (Wildman–Crippen MR) is 90.4 cm³/mol. The number of hydrogen-bond donors (Lipinski definition) is 0. The quantitative estimate of drug-likeness (QED) is 0.480. The van der Waals surface area contributed by atoms with Gasteiger partial charge in [0.05, 0.1) is 11.5 Å². The minimum absolute atomic E-state index is 0.139. The van der Waals surface area contributed by atoms with E-state index in [0.29, 0.717) is 11.8 Å². The molecule has 22 heavy (non-hydrogen) atoms. The van der Waals surface area contributed by atoms with E-state index in [-0.39, 0.29) is 6.92 Å². The highest BCUT2D eigenvalue weighted by Crippen LogP contribution is 2.34. The Bertz CT molecular complexity index is 734. The fraction of sp³-hybridized carbons (Fsp3) is 0.316. The molecule has 0 bridgehead atoms. The van der Waals surface area contributed by atoms with Crippen LogP contribution in [0.15, 0.2) is 42.6 Å². The molecule has 0 aliphatic carbocycles. The summed E-state index contributed by atoms with van der Waals surface area (Å²) in [6.07, 6.45) is 5.36. The van der Waals surface area contributed by atoms with Crippen molar-refractivity contribution >= 4 is 12.9 Å². The molecule has 0 fully saturated rings. The van der Waals surface area contributed by atoms with Crippen molar-refractivity contribution in [3.63, 3.8) is 0 Å². The van der Waals surface area contributed by atoms with Gasteiger partial charge in [-0.05, 0) is 29.0 Å². The van der Waals surface area contributed by atoms with Gasteiger partial charge in [-0.3, -0.25) is 0 Å². The van der Waals surface area contributed by atoms with Crippen LogP contribution in [0.5, 0.6) is 5.75 Å². The predicted octanol–water partition coefficient (Wildman–Crippen LogP) is 3.05. The monoisotopic (exact) mass is 291 g/mol. The van der Waals surface area contributed by atoms with Crippen molar-refractivity contribution < 1.29 is 8.90 Å². The summed E-state index contributed by atoms with van der Waals surface area (Å²) in [5.74, 6) is 4.01. The molecular formula is C19H22BNO. The smallest absolute Gasteiger partial charge is 0.403 e. The van der Waals surface area contributed by atoms with E-state index in [1.807, 2.05) is 22.6 Å². The molecule has 0 amide bonds. The summed E-state index contributed by atoms with van der Waals surface area (Å²) in [4.78, 5) is 0. The van der Waals surface area contributed by atoms with Crippen LogP contribution in [0.1, 0.15) is 50.7 Å². The molecule has 0 atom stereocenters. The summed E-state index contributed by atoms with van der Waals surface area (Å²) in [6.45, 7) is 8.70. The number of nitrogens with zero attached hydrogens (tertiary/aromatic N) is 1. The number of fused-ring (bicyclic) bond motifs is 1. The number of hydrogen-bond acceptors (Lipinski definition) is 1. The minimum atomic E-state index is -0.139. The Hall–Kier alpha value is -2.03. The van der Waals surface area contributed by atoms with E-state index in [2.05, 4.69) is 64.0 Å². The Balaban J connectivity index is 2.00. The van der Waals surface area contributed by atoms with Crippen LogP contribution in [0.4, 0.5) is 0 Å². The van der Waals surface area contributed by atoms with Crippen LogP contribution < -0.4 is 14.2 Å². The number of para-hydroxylation sites is 1. The maximum atomic E-state index is 6.36. The fourth-order valence-corrected chi connectivity index (χ4v) is 2.85. The molecule has 2 heterocycles. The Labute approximate surface area is 132 Å². The van der Waals surface area contributed by atoms with Crippen molar-refractivity contribution in [2.45, 2.75) is 39.5 Å². The number of benzene rings is 1. The van der Waals surface area contributed by atoms with E-state index in [9.17, 15) is 0 Å². The molecule has 0 N–H and O–H groups in total. The highest BCUT2D eigenvalue weighted by atomic mass is 16.4. The van der Waals surface area contributed by atoms with Gasteiger partial charge in [-0.25, -0.2) is 0 Å². The molecule has 2 nitrogen and oxygen atoms in total. The molecule has 3 rings (SSSR count). The van der Waals surface area contributed by atoms with E-state index in [4.69, 9.17) is 4.65 Å². The molecule has 0 radical (unpaired) electrons. The second-order valence-electron chi connectivity index (χ2n) is 6.40. The number of aromatic nitrogens is 1. The van der Waals surface area contributed by atoms with Crippen LogP contribution >= 0.6 is 0 Å². The molecule has 1 aromatic carbocycles. The second kappa shape index (κ2) is 6.00. The summed E-state index contributed by atoms with van der Waals surface area (Å²) in [5, 5.41) is 1.13. The maximum absolute atomic E-state index is 6.36. The van der Waals surface area contributed by atoms with Crippen LogP contribution in [-0.2, 0) is 0 Å². The molecule has 0 saturated heterocycles. The lowest BCUT2D eigenvalue weighted by molar-refractivity contribution is -0.517. The van der Waals surface area contributed by atoms with Gasteiger partial charge in [0.1, 0.15) is 11.9 Å². The molecule has 1 aliphatic rings. The molecule has 1 aromatic heterocycles. The SMILES string of the molecule is CC(C)c1cccc(C(C)C)c1OB1[C-]=[n+]2ccccc2=C1. The number of rotatable bonds is 4. The Morgan fingerprint density at radius 2 is 1.64 bits per heavy atom. The average Bonchev–Trinajstić information content (AvgIpc) is 2.89. The van der Waals surface area contributed by atoms with Crippen molar-refractivity contribution in [1.29, 1.82) is 0 Å². The van der Waals surface area contributed by atoms with Crippen molar-refractivity contribution in [1.82, 2.24) is 0 Å². The van der Waals surface area contributed by atoms with E-state index in [0.717, 1.165) is 11.1 Å². The zero-order chi connectivity index (χ0) is 15.7. The maximum Gasteiger partial charge on any atom is 0.403 e. The molecule has 1 aliphatic heterocycles. The minimum Gasteiger partial charge on any atom is -0.559 e. The van der Waals surface area contributed by atoms with Gasteiger partial charge >= 0.3 is 6.92 Å². The van der Waals surface area contributed by atoms with Crippen molar-refractivity contribution in [2.75, 3.05) is 0 Å². The summed E-state index contributed by atoms with van der Waals surface area (Å²) >= 11 is 0. The van der Waals surface area contributed by atoms with Gasteiger partial charge in [-0.15, -0.1) is 0 Å². The lowest BCUT2D eigenvalue weighted by atomic mass is 9.70. The topological polar surface area (TPSA) is 15.1 Å². The third-order valence-corrected chi connectivity index (χ3v) is 4.04. The van der Waals surface area contributed by atoms with Crippen molar-refractivity contribution in [3.8, 4) is 5.75 Å². The molecule has 112 valence electrons. The summed E-state index contributed by atoms with van der Waals surface area (Å²) in [5.41, 5.74) is 2.53. The third kappa shape index (κ3) is 2.80. The van der Waals surface area contributed by atoms with E-state index >= 15 is 0 Å². The van der Waals surface area contributed by atoms with E-state index < -0.39 is 0 Å². The first-order valence-corrected chi connectivity index (χ1v) is 7.98. The zero-order valence-corrected chi connectivity index (χ0v) is 13.7. The Kier molecular flexibility index (Phi) is 4.06. The molecule has 3 heteroatoms. The van der Waals surface area contributed by atoms with Crippen LogP contribution in [0.25, 0.3) is 5.98 Å². The summed E-state index contributed by atoms with van der Waals surface area (Å²) in [6, 6.07) is 12.6. The third-order valence-electron chi connectivity index (χ3n) is 4.04.